The predicted molar refractivity (Wildman–Crippen MR) is 108 cm³/mol. The highest BCUT2D eigenvalue weighted by Crippen LogP contribution is 2.23. The molecule has 1 aliphatic rings. The molecule has 6 nitrogen and oxygen atoms in total. The lowest BCUT2D eigenvalue weighted by Gasteiger charge is -2.34. The van der Waals surface area contributed by atoms with Gasteiger partial charge in [-0.1, -0.05) is 30.3 Å². The topological polar surface area (TPSA) is 61.5 Å². The Hall–Kier alpha value is -3.19. The maximum absolute atomic E-state index is 13.9. The summed E-state index contributed by atoms with van der Waals surface area (Å²) >= 11 is 0. The van der Waals surface area contributed by atoms with Crippen molar-refractivity contribution in [1.29, 1.82) is 0 Å². The van der Waals surface area contributed by atoms with Crippen molar-refractivity contribution in [2.45, 2.75) is 6.54 Å². The lowest BCUT2D eigenvalue weighted by molar-refractivity contribution is 0.0621. The molecule has 0 atom stereocenters. The number of H-pyrrole nitrogens is 1. The Bertz CT molecular complexity index is 996. The van der Waals surface area contributed by atoms with Crippen molar-refractivity contribution in [3.05, 3.63) is 71.7 Å². The number of methoxy groups -OCH3 is 1. The highest BCUT2D eigenvalue weighted by molar-refractivity contribution is 5.93. The molecule has 29 heavy (non-hydrogen) atoms. The number of hydrogen-bond donors (Lipinski definition) is 1. The summed E-state index contributed by atoms with van der Waals surface area (Å²) in [5.41, 5.74) is 2.73. The van der Waals surface area contributed by atoms with E-state index in [1.165, 1.54) is 6.07 Å². The molecule has 0 spiro atoms. The van der Waals surface area contributed by atoms with E-state index in [9.17, 15) is 9.18 Å². The maximum Gasteiger partial charge on any atom is 0.271 e. The second-order valence-electron chi connectivity index (χ2n) is 7.06. The molecular formula is C22H23FN4O2. The van der Waals surface area contributed by atoms with E-state index in [1.807, 2.05) is 30.3 Å². The third-order valence-electron chi connectivity index (χ3n) is 5.19. The van der Waals surface area contributed by atoms with Crippen molar-refractivity contribution in [1.82, 2.24) is 20.0 Å². The SMILES string of the molecule is COc1cccc(-c2cc(C(=O)N3CCN(Cc4ccccc4F)CC3)[nH]n2)c1. The Balaban J connectivity index is 1.37. The highest BCUT2D eigenvalue weighted by Gasteiger charge is 2.24. The van der Waals surface area contributed by atoms with Crippen LogP contribution >= 0.6 is 0 Å². The minimum Gasteiger partial charge on any atom is -0.497 e. The van der Waals surface area contributed by atoms with E-state index in [2.05, 4.69) is 15.1 Å². The van der Waals surface area contributed by atoms with E-state index in [-0.39, 0.29) is 11.7 Å². The molecular weight excluding hydrogens is 371 g/mol. The Morgan fingerprint density at radius 3 is 2.66 bits per heavy atom. The number of rotatable bonds is 5. The van der Waals surface area contributed by atoms with Crippen LogP contribution in [0.2, 0.25) is 0 Å². The van der Waals surface area contributed by atoms with Gasteiger partial charge in [0.25, 0.3) is 5.91 Å². The van der Waals surface area contributed by atoms with Crippen LogP contribution in [0.4, 0.5) is 4.39 Å². The number of aromatic nitrogens is 2. The third kappa shape index (κ3) is 4.30. The van der Waals surface area contributed by atoms with E-state index in [1.54, 1.807) is 30.2 Å². The monoisotopic (exact) mass is 394 g/mol. The van der Waals surface area contributed by atoms with Crippen molar-refractivity contribution in [2.75, 3.05) is 33.3 Å². The van der Waals surface area contributed by atoms with E-state index in [0.29, 0.717) is 49.7 Å². The van der Waals surface area contributed by atoms with Gasteiger partial charge in [0.05, 0.1) is 12.8 Å². The van der Waals surface area contributed by atoms with Crippen LogP contribution < -0.4 is 4.74 Å². The Morgan fingerprint density at radius 1 is 1.10 bits per heavy atom. The minimum atomic E-state index is -0.187. The lowest BCUT2D eigenvalue weighted by atomic mass is 10.1. The van der Waals surface area contributed by atoms with Gasteiger partial charge in [-0.05, 0) is 24.3 Å². The molecule has 2 aromatic carbocycles. The zero-order valence-electron chi connectivity index (χ0n) is 16.3. The third-order valence-corrected chi connectivity index (χ3v) is 5.19. The first-order chi connectivity index (χ1) is 14.1. The van der Waals surface area contributed by atoms with Crippen molar-refractivity contribution < 1.29 is 13.9 Å². The van der Waals surface area contributed by atoms with E-state index in [4.69, 9.17) is 4.74 Å². The minimum absolute atomic E-state index is 0.0720. The van der Waals surface area contributed by atoms with Gasteiger partial charge in [-0.3, -0.25) is 14.8 Å². The zero-order valence-corrected chi connectivity index (χ0v) is 16.3. The summed E-state index contributed by atoms with van der Waals surface area (Å²) in [7, 11) is 1.62. The first-order valence-electron chi connectivity index (χ1n) is 9.59. The molecule has 1 aliphatic heterocycles. The van der Waals surface area contributed by atoms with Crippen molar-refractivity contribution in [2.24, 2.45) is 0 Å². The van der Waals surface area contributed by atoms with Gasteiger partial charge in [-0.25, -0.2) is 4.39 Å². The predicted octanol–water partition coefficient (Wildman–Crippen LogP) is 3.18. The largest absolute Gasteiger partial charge is 0.497 e. The molecule has 1 aromatic heterocycles. The smallest absolute Gasteiger partial charge is 0.271 e. The van der Waals surface area contributed by atoms with Crippen LogP contribution in [0.3, 0.4) is 0 Å². The van der Waals surface area contributed by atoms with E-state index < -0.39 is 0 Å². The maximum atomic E-state index is 13.9. The number of nitrogens with one attached hydrogen (secondary N) is 1. The molecule has 4 rings (SSSR count). The number of benzene rings is 2. The fourth-order valence-corrected chi connectivity index (χ4v) is 3.51. The second-order valence-corrected chi connectivity index (χ2v) is 7.06. The van der Waals surface area contributed by atoms with Gasteiger partial charge in [0.15, 0.2) is 0 Å². The molecule has 0 saturated carbocycles. The molecule has 0 radical (unpaired) electrons. The van der Waals surface area contributed by atoms with Gasteiger partial charge in [0.1, 0.15) is 17.3 Å². The Morgan fingerprint density at radius 2 is 1.90 bits per heavy atom. The molecule has 0 unspecified atom stereocenters. The standard InChI is InChI=1S/C22H23FN4O2/c1-29-18-7-4-6-16(13-18)20-14-21(25-24-20)22(28)27-11-9-26(10-12-27)15-17-5-2-3-8-19(17)23/h2-8,13-14H,9-12,15H2,1H3,(H,24,25). The molecule has 3 aromatic rings. The van der Waals surface area contributed by atoms with Crippen LogP contribution in [-0.2, 0) is 6.54 Å². The van der Waals surface area contributed by atoms with Crippen LogP contribution in [-0.4, -0.2) is 59.2 Å². The van der Waals surface area contributed by atoms with Gasteiger partial charge >= 0.3 is 0 Å². The quantitative estimate of drug-likeness (QED) is 0.722. The van der Waals surface area contributed by atoms with Gasteiger partial charge in [-0.15, -0.1) is 0 Å². The average Bonchev–Trinajstić information content (AvgIpc) is 3.26. The van der Waals surface area contributed by atoms with Crippen molar-refractivity contribution in [3.63, 3.8) is 0 Å². The summed E-state index contributed by atoms with van der Waals surface area (Å²) < 4.78 is 19.1. The molecule has 2 heterocycles. The zero-order chi connectivity index (χ0) is 20.2. The first kappa shape index (κ1) is 19.1. The number of carbonyl (C=O) groups excluding carboxylic acids is 1. The van der Waals surface area contributed by atoms with Gasteiger partial charge < -0.3 is 9.64 Å². The molecule has 1 amide bonds. The molecule has 150 valence electrons. The van der Waals surface area contributed by atoms with E-state index in [0.717, 1.165) is 11.3 Å². The first-order valence-corrected chi connectivity index (χ1v) is 9.59. The lowest BCUT2D eigenvalue weighted by Crippen LogP contribution is -2.48. The van der Waals surface area contributed by atoms with Crippen molar-refractivity contribution >= 4 is 5.91 Å². The van der Waals surface area contributed by atoms with Gasteiger partial charge in [0.2, 0.25) is 0 Å². The number of hydrogen-bond acceptors (Lipinski definition) is 4. The summed E-state index contributed by atoms with van der Waals surface area (Å²) in [5.74, 6) is 0.482. The van der Waals surface area contributed by atoms with Crippen molar-refractivity contribution in [3.8, 4) is 17.0 Å². The number of halogens is 1. The normalized spacial score (nSPS) is 14.8. The number of carbonyl (C=O) groups is 1. The molecule has 0 bridgehead atoms. The number of piperazine rings is 1. The van der Waals surface area contributed by atoms with Crippen LogP contribution in [0, 0.1) is 5.82 Å². The van der Waals surface area contributed by atoms with Crippen LogP contribution in [0.5, 0.6) is 5.75 Å². The summed E-state index contributed by atoms with van der Waals surface area (Å²) in [6, 6.07) is 16.1. The van der Waals surface area contributed by atoms with E-state index >= 15 is 0 Å². The Labute approximate surface area is 168 Å². The molecule has 7 heteroatoms. The van der Waals surface area contributed by atoms with Crippen LogP contribution in [0.25, 0.3) is 11.3 Å². The molecule has 0 aliphatic carbocycles. The summed E-state index contributed by atoms with van der Waals surface area (Å²) in [6.45, 7) is 3.16. The average molecular weight is 394 g/mol. The fourth-order valence-electron chi connectivity index (χ4n) is 3.51. The number of nitrogens with zero attached hydrogens (tertiary/aromatic N) is 3. The number of amides is 1. The van der Waals surface area contributed by atoms with Gasteiger partial charge in [0, 0.05) is 43.9 Å². The number of aromatic amines is 1. The van der Waals surface area contributed by atoms with Crippen LogP contribution in [0.1, 0.15) is 16.1 Å². The van der Waals surface area contributed by atoms with Crippen LogP contribution in [0.15, 0.2) is 54.6 Å². The Kier molecular flexibility index (Phi) is 5.57. The molecule has 1 N–H and O–H groups in total. The summed E-state index contributed by atoms with van der Waals surface area (Å²) in [5, 5.41) is 7.13. The molecule has 1 fully saturated rings. The fraction of sp³-hybridized carbons (Fsp3) is 0.273. The molecule has 1 saturated heterocycles. The highest BCUT2D eigenvalue weighted by atomic mass is 19.1. The number of ether oxygens (including phenoxy) is 1. The van der Waals surface area contributed by atoms with Gasteiger partial charge in [-0.2, -0.15) is 5.10 Å². The second kappa shape index (κ2) is 8.45. The summed E-state index contributed by atoms with van der Waals surface area (Å²) in [4.78, 5) is 16.8. The summed E-state index contributed by atoms with van der Waals surface area (Å²) in [6.07, 6.45) is 0.